The van der Waals surface area contributed by atoms with Crippen LogP contribution in [0.2, 0.25) is 0 Å². The van der Waals surface area contributed by atoms with E-state index in [1.165, 1.54) is 0 Å². The number of benzene rings is 1. The van der Waals surface area contributed by atoms with Crippen molar-refractivity contribution >= 4 is 5.69 Å². The fourth-order valence-corrected chi connectivity index (χ4v) is 2.50. The smallest absolute Gasteiger partial charge is 0.183 e. The highest BCUT2D eigenvalue weighted by Crippen LogP contribution is 2.25. The van der Waals surface area contributed by atoms with Crippen molar-refractivity contribution < 1.29 is 4.74 Å². The molecular weight excluding hydrogens is 252 g/mol. The lowest BCUT2D eigenvalue weighted by Crippen LogP contribution is -2.22. The molecule has 2 heterocycles. The molecule has 0 radical (unpaired) electrons. The summed E-state index contributed by atoms with van der Waals surface area (Å²) in [5.74, 6) is 2.27. The van der Waals surface area contributed by atoms with Gasteiger partial charge in [0.1, 0.15) is 5.82 Å². The molecule has 1 aromatic heterocycles. The molecule has 1 aliphatic rings. The highest BCUT2D eigenvalue weighted by molar-refractivity contribution is 5.73. The number of para-hydroxylation sites is 1. The summed E-state index contributed by atoms with van der Waals surface area (Å²) in [5.41, 5.74) is 2.14. The first-order valence-corrected chi connectivity index (χ1v) is 7.13. The monoisotopic (exact) mass is 272 g/mol. The zero-order valence-corrected chi connectivity index (χ0v) is 11.7. The Morgan fingerprint density at radius 1 is 1.30 bits per heavy atom. The van der Waals surface area contributed by atoms with Gasteiger partial charge >= 0.3 is 0 Å². The molecule has 0 amide bonds. The number of hydrogen-bond donors (Lipinski definition) is 2. The Morgan fingerprint density at radius 3 is 2.85 bits per heavy atom. The summed E-state index contributed by atoms with van der Waals surface area (Å²) in [6.45, 7) is 4.65. The Balaban J connectivity index is 1.72. The SMILES string of the molecule is Cc1nc(-c2ccccc2NCC2CCOCC2)n[nH]1. The third-order valence-electron chi connectivity index (χ3n) is 3.69. The van der Waals surface area contributed by atoms with Crippen LogP contribution in [0.5, 0.6) is 0 Å². The summed E-state index contributed by atoms with van der Waals surface area (Å²) in [5, 5.41) is 10.7. The Morgan fingerprint density at radius 2 is 2.10 bits per heavy atom. The van der Waals surface area contributed by atoms with E-state index in [1.807, 2.05) is 19.1 Å². The zero-order chi connectivity index (χ0) is 13.8. The highest BCUT2D eigenvalue weighted by atomic mass is 16.5. The van der Waals surface area contributed by atoms with Crippen molar-refractivity contribution in [3.63, 3.8) is 0 Å². The molecule has 106 valence electrons. The molecule has 1 aliphatic heterocycles. The van der Waals surface area contributed by atoms with E-state index in [-0.39, 0.29) is 0 Å². The van der Waals surface area contributed by atoms with Crippen molar-refractivity contribution in [2.45, 2.75) is 19.8 Å². The third kappa shape index (κ3) is 2.99. The molecule has 3 rings (SSSR count). The van der Waals surface area contributed by atoms with Gasteiger partial charge in [0.25, 0.3) is 0 Å². The van der Waals surface area contributed by atoms with Gasteiger partial charge in [0.2, 0.25) is 0 Å². The van der Waals surface area contributed by atoms with E-state index in [4.69, 9.17) is 4.74 Å². The Kier molecular flexibility index (Phi) is 3.97. The van der Waals surface area contributed by atoms with Crippen molar-refractivity contribution in [2.75, 3.05) is 25.1 Å². The van der Waals surface area contributed by atoms with E-state index in [9.17, 15) is 0 Å². The van der Waals surface area contributed by atoms with Crippen LogP contribution in [0.1, 0.15) is 18.7 Å². The largest absolute Gasteiger partial charge is 0.384 e. The Labute approximate surface area is 118 Å². The molecule has 0 spiro atoms. The van der Waals surface area contributed by atoms with Crippen LogP contribution in [0, 0.1) is 12.8 Å². The van der Waals surface area contributed by atoms with Gasteiger partial charge in [0.05, 0.1) is 0 Å². The number of aromatic amines is 1. The van der Waals surface area contributed by atoms with Gasteiger partial charge in [0, 0.05) is 31.0 Å². The molecule has 1 fully saturated rings. The maximum atomic E-state index is 5.40. The summed E-state index contributed by atoms with van der Waals surface area (Å²) in [4.78, 5) is 4.41. The molecule has 1 saturated heterocycles. The molecule has 2 aromatic rings. The van der Waals surface area contributed by atoms with E-state index >= 15 is 0 Å². The molecule has 20 heavy (non-hydrogen) atoms. The first kappa shape index (κ1) is 13.1. The maximum Gasteiger partial charge on any atom is 0.183 e. The second kappa shape index (κ2) is 6.05. The lowest BCUT2D eigenvalue weighted by atomic mass is 10.00. The number of ether oxygens (including phenoxy) is 1. The van der Waals surface area contributed by atoms with Gasteiger partial charge in [0.15, 0.2) is 5.82 Å². The van der Waals surface area contributed by atoms with Crippen molar-refractivity contribution in [3.8, 4) is 11.4 Å². The van der Waals surface area contributed by atoms with Crippen LogP contribution in [-0.4, -0.2) is 34.9 Å². The Bertz CT molecular complexity index is 561. The number of rotatable bonds is 4. The van der Waals surface area contributed by atoms with Crippen molar-refractivity contribution in [3.05, 3.63) is 30.1 Å². The van der Waals surface area contributed by atoms with Crippen LogP contribution in [0.25, 0.3) is 11.4 Å². The van der Waals surface area contributed by atoms with Gasteiger partial charge in [-0.3, -0.25) is 5.10 Å². The molecule has 0 unspecified atom stereocenters. The van der Waals surface area contributed by atoms with Crippen LogP contribution in [0.4, 0.5) is 5.69 Å². The topological polar surface area (TPSA) is 62.8 Å². The number of nitrogens with zero attached hydrogens (tertiary/aromatic N) is 2. The zero-order valence-electron chi connectivity index (χ0n) is 11.7. The normalized spacial score (nSPS) is 16.2. The number of nitrogens with one attached hydrogen (secondary N) is 2. The molecule has 0 bridgehead atoms. The lowest BCUT2D eigenvalue weighted by molar-refractivity contribution is 0.0699. The fourth-order valence-electron chi connectivity index (χ4n) is 2.50. The lowest BCUT2D eigenvalue weighted by Gasteiger charge is -2.23. The first-order chi connectivity index (χ1) is 9.83. The predicted molar refractivity (Wildman–Crippen MR) is 78.6 cm³/mol. The predicted octanol–water partition coefficient (Wildman–Crippen LogP) is 2.62. The van der Waals surface area contributed by atoms with E-state index in [1.54, 1.807) is 0 Å². The summed E-state index contributed by atoms with van der Waals surface area (Å²) in [7, 11) is 0. The van der Waals surface area contributed by atoms with Crippen LogP contribution in [0.15, 0.2) is 24.3 Å². The minimum atomic E-state index is 0.686. The van der Waals surface area contributed by atoms with Crippen molar-refractivity contribution in [1.29, 1.82) is 0 Å². The summed E-state index contributed by atoms with van der Waals surface area (Å²) < 4.78 is 5.40. The number of H-pyrrole nitrogens is 1. The first-order valence-electron chi connectivity index (χ1n) is 7.13. The van der Waals surface area contributed by atoms with Crippen molar-refractivity contribution in [2.24, 2.45) is 5.92 Å². The average molecular weight is 272 g/mol. The fraction of sp³-hybridized carbons (Fsp3) is 0.467. The third-order valence-corrected chi connectivity index (χ3v) is 3.69. The number of hydrogen-bond acceptors (Lipinski definition) is 4. The van der Waals surface area contributed by atoms with E-state index in [0.29, 0.717) is 5.92 Å². The van der Waals surface area contributed by atoms with E-state index in [2.05, 4.69) is 32.6 Å². The Hall–Kier alpha value is -1.88. The van der Waals surface area contributed by atoms with Crippen LogP contribution >= 0.6 is 0 Å². The summed E-state index contributed by atoms with van der Waals surface area (Å²) in [6, 6.07) is 8.19. The van der Waals surface area contributed by atoms with E-state index in [0.717, 1.165) is 55.5 Å². The summed E-state index contributed by atoms with van der Waals surface area (Å²) in [6.07, 6.45) is 2.27. The summed E-state index contributed by atoms with van der Waals surface area (Å²) >= 11 is 0. The van der Waals surface area contributed by atoms with Gasteiger partial charge < -0.3 is 10.1 Å². The minimum Gasteiger partial charge on any atom is -0.384 e. The van der Waals surface area contributed by atoms with Gasteiger partial charge in [-0.25, -0.2) is 4.98 Å². The molecule has 1 aromatic carbocycles. The molecule has 0 atom stereocenters. The van der Waals surface area contributed by atoms with Crippen LogP contribution < -0.4 is 5.32 Å². The van der Waals surface area contributed by atoms with E-state index < -0.39 is 0 Å². The van der Waals surface area contributed by atoms with Gasteiger partial charge in [-0.1, -0.05) is 12.1 Å². The molecular formula is C15H20N4O. The number of anilines is 1. The standard InChI is InChI=1S/C15H20N4O/c1-11-17-15(19-18-11)13-4-2-3-5-14(13)16-10-12-6-8-20-9-7-12/h2-5,12,16H,6-10H2,1H3,(H,17,18,19). The quantitative estimate of drug-likeness (QED) is 0.898. The second-order valence-electron chi connectivity index (χ2n) is 5.23. The van der Waals surface area contributed by atoms with Crippen LogP contribution in [-0.2, 0) is 4.74 Å². The van der Waals surface area contributed by atoms with Gasteiger partial charge in [-0.2, -0.15) is 5.10 Å². The van der Waals surface area contributed by atoms with Gasteiger partial charge in [-0.05, 0) is 37.8 Å². The minimum absolute atomic E-state index is 0.686. The van der Waals surface area contributed by atoms with Gasteiger partial charge in [-0.15, -0.1) is 0 Å². The van der Waals surface area contributed by atoms with Crippen LogP contribution in [0.3, 0.4) is 0 Å². The molecule has 5 heteroatoms. The second-order valence-corrected chi connectivity index (χ2v) is 5.23. The maximum absolute atomic E-state index is 5.40. The number of aromatic nitrogens is 3. The highest BCUT2D eigenvalue weighted by Gasteiger charge is 2.15. The van der Waals surface area contributed by atoms with Crippen molar-refractivity contribution in [1.82, 2.24) is 15.2 Å². The molecule has 0 aliphatic carbocycles. The molecule has 5 nitrogen and oxygen atoms in total. The average Bonchev–Trinajstić information content (AvgIpc) is 2.93. The molecule has 0 saturated carbocycles. The molecule has 2 N–H and O–H groups in total. The number of aryl methyl sites for hydroxylation is 1.